The van der Waals surface area contributed by atoms with Gasteiger partial charge in [-0.25, -0.2) is 0 Å². The van der Waals surface area contributed by atoms with Gasteiger partial charge in [0.05, 0.1) is 18.5 Å². The first-order valence-electron chi connectivity index (χ1n) is 6.38. The highest BCUT2D eigenvalue weighted by atomic mass is 16.5. The first-order chi connectivity index (χ1) is 9.10. The van der Waals surface area contributed by atoms with Crippen molar-refractivity contribution in [2.24, 2.45) is 5.73 Å². The van der Waals surface area contributed by atoms with Gasteiger partial charge in [0.1, 0.15) is 0 Å². The van der Waals surface area contributed by atoms with Crippen LogP contribution in [0.1, 0.15) is 30.6 Å². The Morgan fingerprint density at radius 3 is 2.89 bits per heavy atom. The number of pyridine rings is 1. The summed E-state index contributed by atoms with van der Waals surface area (Å²) in [5, 5.41) is 1.03. The highest BCUT2D eigenvalue weighted by molar-refractivity contribution is 5.80. The quantitative estimate of drug-likeness (QED) is 0.856. The molecule has 4 nitrogen and oxygen atoms in total. The number of fused-ring (bicyclic) bond motifs is 1. The first-order valence-corrected chi connectivity index (χ1v) is 6.38. The Morgan fingerprint density at radius 1 is 1.37 bits per heavy atom. The highest BCUT2D eigenvalue weighted by Gasteiger charge is 2.13. The van der Waals surface area contributed by atoms with Crippen molar-refractivity contribution in [1.29, 1.82) is 0 Å². The third kappa shape index (κ3) is 3.29. The van der Waals surface area contributed by atoms with Gasteiger partial charge in [-0.15, -0.1) is 0 Å². The van der Waals surface area contributed by atoms with E-state index in [-0.39, 0.29) is 18.4 Å². The Morgan fingerprint density at radius 2 is 2.16 bits per heavy atom. The summed E-state index contributed by atoms with van der Waals surface area (Å²) in [6.07, 6.45) is 0.193. The first kappa shape index (κ1) is 13.5. The van der Waals surface area contributed by atoms with Crippen molar-refractivity contribution in [2.75, 3.05) is 6.61 Å². The Kier molecular flexibility index (Phi) is 4.12. The predicted octanol–water partition coefficient (Wildman–Crippen LogP) is 2.50. The number of esters is 1. The van der Waals surface area contributed by atoms with E-state index in [0.717, 1.165) is 22.2 Å². The molecule has 0 amide bonds. The molecule has 2 rings (SSSR count). The predicted molar refractivity (Wildman–Crippen MR) is 74.7 cm³/mol. The molecule has 0 bridgehead atoms. The second-order valence-electron chi connectivity index (χ2n) is 4.52. The number of carbonyl (C=O) groups excluding carboxylic acids is 1. The van der Waals surface area contributed by atoms with Crippen molar-refractivity contribution in [1.82, 2.24) is 4.98 Å². The summed E-state index contributed by atoms with van der Waals surface area (Å²) in [6.45, 7) is 4.12. The van der Waals surface area contributed by atoms with Crippen molar-refractivity contribution in [3.63, 3.8) is 0 Å². The Labute approximate surface area is 112 Å². The van der Waals surface area contributed by atoms with Crippen LogP contribution in [0, 0.1) is 6.92 Å². The largest absolute Gasteiger partial charge is 0.466 e. The van der Waals surface area contributed by atoms with Gasteiger partial charge in [-0.1, -0.05) is 12.1 Å². The van der Waals surface area contributed by atoms with E-state index in [9.17, 15) is 4.79 Å². The molecule has 0 fully saturated rings. The minimum atomic E-state index is -0.343. The number of benzene rings is 1. The minimum Gasteiger partial charge on any atom is -0.466 e. The van der Waals surface area contributed by atoms with E-state index in [1.54, 1.807) is 6.92 Å². The number of hydrogen-bond acceptors (Lipinski definition) is 4. The molecule has 0 radical (unpaired) electrons. The van der Waals surface area contributed by atoms with Crippen LogP contribution >= 0.6 is 0 Å². The maximum atomic E-state index is 11.4. The summed E-state index contributed by atoms with van der Waals surface area (Å²) < 4.78 is 4.91. The van der Waals surface area contributed by atoms with Gasteiger partial charge >= 0.3 is 5.97 Å². The molecule has 19 heavy (non-hydrogen) atoms. The molecule has 2 aromatic rings. The van der Waals surface area contributed by atoms with Crippen LogP contribution in [-0.4, -0.2) is 17.6 Å². The lowest BCUT2D eigenvalue weighted by atomic mass is 10.0. The summed E-state index contributed by atoms with van der Waals surface area (Å²) in [6, 6.07) is 9.46. The van der Waals surface area contributed by atoms with Crippen LogP contribution in [0.5, 0.6) is 0 Å². The molecular formula is C15H18N2O2. The number of nitrogens with zero attached hydrogens (tertiary/aromatic N) is 1. The average molecular weight is 258 g/mol. The second-order valence-corrected chi connectivity index (χ2v) is 4.52. The lowest BCUT2D eigenvalue weighted by molar-refractivity contribution is -0.143. The van der Waals surface area contributed by atoms with Gasteiger partial charge in [0.2, 0.25) is 0 Å². The molecular weight excluding hydrogens is 240 g/mol. The van der Waals surface area contributed by atoms with Crippen LogP contribution in [0.15, 0.2) is 30.3 Å². The van der Waals surface area contributed by atoms with Gasteiger partial charge in [-0.3, -0.25) is 9.78 Å². The molecule has 1 aromatic carbocycles. The second kappa shape index (κ2) is 5.80. The van der Waals surface area contributed by atoms with Crippen molar-refractivity contribution < 1.29 is 9.53 Å². The van der Waals surface area contributed by atoms with Gasteiger partial charge < -0.3 is 10.5 Å². The van der Waals surface area contributed by atoms with E-state index in [1.165, 1.54) is 0 Å². The number of nitrogens with two attached hydrogens (primary N) is 1. The van der Waals surface area contributed by atoms with Gasteiger partial charge in [0.25, 0.3) is 0 Å². The van der Waals surface area contributed by atoms with Crippen molar-refractivity contribution >= 4 is 16.9 Å². The zero-order chi connectivity index (χ0) is 13.8. The fraction of sp³-hybridized carbons (Fsp3) is 0.333. The maximum Gasteiger partial charge on any atom is 0.307 e. The fourth-order valence-corrected chi connectivity index (χ4v) is 1.99. The third-order valence-corrected chi connectivity index (χ3v) is 2.97. The Hall–Kier alpha value is -1.94. The summed E-state index contributed by atoms with van der Waals surface area (Å²) in [5.41, 5.74) is 8.87. The van der Waals surface area contributed by atoms with E-state index in [0.29, 0.717) is 6.61 Å². The molecule has 0 aliphatic carbocycles. The van der Waals surface area contributed by atoms with Gasteiger partial charge in [0.15, 0.2) is 0 Å². The van der Waals surface area contributed by atoms with Crippen LogP contribution in [0.25, 0.3) is 10.9 Å². The smallest absolute Gasteiger partial charge is 0.307 e. The van der Waals surface area contributed by atoms with E-state index in [1.807, 2.05) is 37.3 Å². The van der Waals surface area contributed by atoms with Crippen LogP contribution in [-0.2, 0) is 9.53 Å². The Bertz CT molecular complexity index is 596. The van der Waals surface area contributed by atoms with Crippen molar-refractivity contribution in [2.45, 2.75) is 26.3 Å². The standard InChI is InChI=1S/C15H18N2O2/c1-3-19-15(18)9-13(16)11-6-7-14-12(8-11)5-4-10(2)17-14/h4-8,13H,3,9,16H2,1-2H3. The van der Waals surface area contributed by atoms with Gasteiger partial charge in [-0.05, 0) is 37.6 Å². The molecule has 0 saturated heterocycles. The molecule has 0 aliphatic rings. The van der Waals surface area contributed by atoms with Crippen molar-refractivity contribution in [3.05, 3.63) is 41.6 Å². The van der Waals surface area contributed by atoms with Crippen LogP contribution in [0.3, 0.4) is 0 Å². The molecule has 1 unspecified atom stereocenters. The Balaban J connectivity index is 2.20. The lowest BCUT2D eigenvalue weighted by Gasteiger charge is -2.12. The molecule has 1 heterocycles. The summed E-state index contributed by atoms with van der Waals surface area (Å²) in [5.74, 6) is -0.267. The van der Waals surface area contributed by atoms with Crippen molar-refractivity contribution in [3.8, 4) is 0 Å². The van der Waals surface area contributed by atoms with E-state index < -0.39 is 0 Å². The van der Waals surface area contributed by atoms with E-state index >= 15 is 0 Å². The topological polar surface area (TPSA) is 65.2 Å². The minimum absolute atomic E-state index is 0.193. The molecule has 0 spiro atoms. The molecule has 1 aromatic heterocycles. The normalized spacial score (nSPS) is 12.4. The maximum absolute atomic E-state index is 11.4. The number of hydrogen-bond donors (Lipinski definition) is 1. The number of rotatable bonds is 4. The summed E-state index contributed by atoms with van der Waals surface area (Å²) in [7, 11) is 0. The van der Waals surface area contributed by atoms with Gasteiger partial charge in [-0.2, -0.15) is 0 Å². The molecule has 0 aliphatic heterocycles. The van der Waals surface area contributed by atoms with Crippen LogP contribution < -0.4 is 5.73 Å². The summed E-state index contributed by atoms with van der Waals surface area (Å²) >= 11 is 0. The zero-order valence-electron chi connectivity index (χ0n) is 11.2. The lowest BCUT2D eigenvalue weighted by Crippen LogP contribution is -2.17. The summed E-state index contributed by atoms with van der Waals surface area (Å²) in [4.78, 5) is 15.9. The fourth-order valence-electron chi connectivity index (χ4n) is 1.99. The molecule has 100 valence electrons. The third-order valence-electron chi connectivity index (χ3n) is 2.97. The molecule has 0 saturated carbocycles. The average Bonchev–Trinajstić information content (AvgIpc) is 2.38. The molecule has 2 N–H and O–H groups in total. The SMILES string of the molecule is CCOC(=O)CC(N)c1ccc2nc(C)ccc2c1. The van der Waals surface area contributed by atoms with Crippen LogP contribution in [0.2, 0.25) is 0 Å². The van der Waals surface area contributed by atoms with E-state index in [2.05, 4.69) is 4.98 Å². The van der Waals surface area contributed by atoms with Gasteiger partial charge in [0, 0.05) is 17.1 Å². The highest BCUT2D eigenvalue weighted by Crippen LogP contribution is 2.20. The number of aryl methyl sites for hydroxylation is 1. The zero-order valence-corrected chi connectivity index (χ0v) is 11.2. The van der Waals surface area contributed by atoms with E-state index in [4.69, 9.17) is 10.5 Å². The molecule has 4 heteroatoms. The molecule has 1 atom stereocenters. The number of aromatic nitrogens is 1. The number of carbonyl (C=O) groups is 1. The van der Waals surface area contributed by atoms with Crippen LogP contribution in [0.4, 0.5) is 0 Å². The number of ether oxygens (including phenoxy) is 1. The monoisotopic (exact) mass is 258 g/mol.